The van der Waals surface area contributed by atoms with E-state index in [0.29, 0.717) is 24.4 Å². The van der Waals surface area contributed by atoms with E-state index in [1.807, 2.05) is 12.1 Å². The molecule has 2 aliphatic heterocycles. The van der Waals surface area contributed by atoms with E-state index in [-0.39, 0.29) is 11.7 Å². The number of fused-ring (bicyclic) bond motifs is 3. The van der Waals surface area contributed by atoms with Crippen LogP contribution in [0.15, 0.2) is 49.1 Å². The number of aromatic nitrogens is 2. The van der Waals surface area contributed by atoms with Crippen molar-refractivity contribution in [3.63, 3.8) is 0 Å². The highest BCUT2D eigenvalue weighted by molar-refractivity contribution is 6.36. The number of anilines is 2. The molecule has 0 spiro atoms. The molecule has 3 heterocycles. The molecule has 174 valence electrons. The number of methoxy groups -OCH3 is 1. The van der Waals surface area contributed by atoms with E-state index in [0.717, 1.165) is 65.5 Å². The number of benzene rings is 2. The fraction of sp³-hybridized carbons (Fsp3) is 0.370. The van der Waals surface area contributed by atoms with Crippen molar-refractivity contribution < 1.29 is 9.53 Å². The van der Waals surface area contributed by atoms with Gasteiger partial charge in [0.1, 0.15) is 5.82 Å². The quantitative estimate of drug-likeness (QED) is 0.500. The third-order valence-electron chi connectivity index (χ3n) is 7.70. The normalized spacial score (nSPS) is 23.3. The molecule has 1 aliphatic carbocycles. The van der Waals surface area contributed by atoms with Crippen LogP contribution in [0.25, 0.3) is 10.8 Å². The molecule has 34 heavy (non-hydrogen) atoms. The fourth-order valence-corrected chi connectivity index (χ4v) is 6.25. The highest BCUT2D eigenvalue weighted by Gasteiger charge is 2.55. The Morgan fingerprint density at radius 2 is 1.97 bits per heavy atom. The van der Waals surface area contributed by atoms with Crippen molar-refractivity contribution >= 4 is 39.7 Å². The van der Waals surface area contributed by atoms with Crippen LogP contribution in [0.2, 0.25) is 5.02 Å². The Kier molecular flexibility index (Phi) is 5.21. The third-order valence-corrected chi connectivity index (χ3v) is 8.02. The number of hydrogen-bond donors (Lipinski definition) is 0. The number of ketones is 1. The van der Waals surface area contributed by atoms with Gasteiger partial charge < -0.3 is 14.5 Å². The van der Waals surface area contributed by atoms with E-state index in [1.165, 1.54) is 11.6 Å². The lowest BCUT2D eigenvalue weighted by Crippen LogP contribution is -2.37. The first kappa shape index (κ1) is 21.4. The Morgan fingerprint density at radius 3 is 2.76 bits per heavy atom. The van der Waals surface area contributed by atoms with Crippen LogP contribution >= 0.6 is 11.6 Å². The zero-order valence-electron chi connectivity index (χ0n) is 19.2. The predicted octanol–water partition coefficient (Wildman–Crippen LogP) is 4.68. The maximum absolute atomic E-state index is 12.2. The predicted molar refractivity (Wildman–Crippen MR) is 135 cm³/mol. The summed E-state index contributed by atoms with van der Waals surface area (Å²) in [6.07, 6.45) is 3.34. The maximum Gasteiger partial charge on any atom is 0.318 e. The summed E-state index contributed by atoms with van der Waals surface area (Å²) in [6, 6.07) is 12.7. The molecule has 0 N–H and O–H groups in total. The summed E-state index contributed by atoms with van der Waals surface area (Å²) in [5, 5.41) is 2.97. The van der Waals surface area contributed by atoms with Crippen molar-refractivity contribution in [1.82, 2.24) is 9.97 Å². The number of allylic oxidation sites excluding steroid dienone is 1. The summed E-state index contributed by atoms with van der Waals surface area (Å²) in [7, 11) is 1.61. The first-order valence-electron chi connectivity index (χ1n) is 11.9. The number of carbonyl (C=O) groups excluding carboxylic acids is 1. The zero-order chi connectivity index (χ0) is 23.4. The molecule has 3 unspecified atom stereocenters. The van der Waals surface area contributed by atoms with E-state index in [4.69, 9.17) is 26.3 Å². The van der Waals surface area contributed by atoms with Gasteiger partial charge in [-0.15, -0.1) is 0 Å². The Hall–Kier alpha value is -3.12. The van der Waals surface area contributed by atoms with Gasteiger partial charge in [-0.2, -0.15) is 9.97 Å². The Labute approximate surface area is 204 Å². The average molecular weight is 475 g/mol. The second kappa shape index (κ2) is 8.27. The first-order valence-corrected chi connectivity index (χ1v) is 12.2. The molecule has 1 aromatic heterocycles. The molecule has 6 rings (SSSR count). The van der Waals surface area contributed by atoms with Gasteiger partial charge in [-0.05, 0) is 48.3 Å². The van der Waals surface area contributed by atoms with E-state index in [9.17, 15) is 4.79 Å². The molecular weight excluding hydrogens is 448 g/mol. The van der Waals surface area contributed by atoms with Crippen LogP contribution in [-0.2, 0) is 17.8 Å². The van der Waals surface area contributed by atoms with Crippen molar-refractivity contribution in [1.29, 1.82) is 0 Å². The molecule has 2 aromatic carbocycles. The van der Waals surface area contributed by atoms with Gasteiger partial charge in [-0.25, -0.2) is 0 Å². The number of piperidine rings is 1. The van der Waals surface area contributed by atoms with Crippen LogP contribution in [0.5, 0.6) is 6.01 Å². The van der Waals surface area contributed by atoms with Gasteiger partial charge in [-0.3, -0.25) is 4.79 Å². The monoisotopic (exact) mass is 474 g/mol. The smallest absolute Gasteiger partial charge is 0.318 e. The summed E-state index contributed by atoms with van der Waals surface area (Å²) in [4.78, 5) is 26.4. The number of rotatable bonds is 5. The van der Waals surface area contributed by atoms with Crippen LogP contribution in [-0.4, -0.2) is 42.5 Å². The summed E-state index contributed by atoms with van der Waals surface area (Å²) in [5.74, 6) is 2.17. The van der Waals surface area contributed by atoms with Crippen molar-refractivity contribution in [2.45, 2.75) is 19.4 Å². The van der Waals surface area contributed by atoms with Crippen molar-refractivity contribution in [2.24, 2.45) is 17.8 Å². The van der Waals surface area contributed by atoms with Crippen LogP contribution in [0.3, 0.4) is 0 Å². The molecular formula is C27H27ClN4O2. The van der Waals surface area contributed by atoms with Crippen LogP contribution in [0.4, 0.5) is 11.5 Å². The topological polar surface area (TPSA) is 58.6 Å². The molecule has 6 nitrogen and oxygen atoms in total. The maximum atomic E-state index is 12.2. The SMILES string of the molecule is C=CC(=O)C1C2CCN(c3nc(OC)nc4c3CCN(c3cccc5cccc(Cl)c35)C4)CC21. The summed E-state index contributed by atoms with van der Waals surface area (Å²) < 4.78 is 5.50. The second-order valence-corrected chi connectivity index (χ2v) is 9.85. The van der Waals surface area contributed by atoms with Gasteiger partial charge in [0, 0.05) is 42.2 Å². The van der Waals surface area contributed by atoms with E-state index >= 15 is 0 Å². The van der Waals surface area contributed by atoms with Gasteiger partial charge in [-0.1, -0.05) is 42.4 Å². The van der Waals surface area contributed by atoms with Gasteiger partial charge in [0.05, 0.1) is 24.4 Å². The van der Waals surface area contributed by atoms with E-state index < -0.39 is 0 Å². The highest BCUT2D eigenvalue weighted by atomic mass is 35.5. The fourth-order valence-electron chi connectivity index (χ4n) is 5.98. The lowest BCUT2D eigenvalue weighted by molar-refractivity contribution is -0.116. The first-order chi connectivity index (χ1) is 16.6. The minimum absolute atomic E-state index is 0.133. The third kappa shape index (κ3) is 3.43. The molecule has 3 aliphatic rings. The lowest BCUT2D eigenvalue weighted by atomic mass is 10.0. The van der Waals surface area contributed by atoms with Crippen molar-refractivity contribution in [3.05, 3.63) is 65.3 Å². The summed E-state index contributed by atoms with van der Waals surface area (Å²) in [6.45, 7) is 6.96. The molecule has 0 amide bonds. The second-order valence-electron chi connectivity index (χ2n) is 9.44. The molecule has 1 saturated heterocycles. The van der Waals surface area contributed by atoms with Crippen LogP contribution in [0.1, 0.15) is 17.7 Å². The van der Waals surface area contributed by atoms with Gasteiger partial charge in [0.2, 0.25) is 0 Å². The minimum Gasteiger partial charge on any atom is -0.467 e. The molecule has 7 heteroatoms. The van der Waals surface area contributed by atoms with E-state index in [2.05, 4.69) is 40.6 Å². The highest BCUT2D eigenvalue weighted by Crippen LogP contribution is 2.53. The number of hydrogen-bond acceptors (Lipinski definition) is 6. The summed E-state index contributed by atoms with van der Waals surface area (Å²) in [5.41, 5.74) is 3.31. The zero-order valence-corrected chi connectivity index (χ0v) is 20.0. The van der Waals surface area contributed by atoms with Crippen molar-refractivity contribution in [3.8, 4) is 6.01 Å². The Balaban J connectivity index is 1.33. The largest absolute Gasteiger partial charge is 0.467 e. The van der Waals surface area contributed by atoms with E-state index in [1.54, 1.807) is 7.11 Å². The van der Waals surface area contributed by atoms with Crippen LogP contribution < -0.4 is 14.5 Å². The lowest BCUT2D eigenvalue weighted by Gasteiger charge is -2.35. The average Bonchev–Trinajstić information content (AvgIpc) is 3.60. The number of nitrogens with zero attached hydrogens (tertiary/aromatic N) is 4. The molecule has 2 fully saturated rings. The van der Waals surface area contributed by atoms with Crippen LogP contribution in [0, 0.1) is 17.8 Å². The number of halogens is 1. The summed E-state index contributed by atoms with van der Waals surface area (Å²) >= 11 is 6.61. The molecule has 0 radical (unpaired) electrons. The molecule has 1 saturated carbocycles. The molecule has 3 aromatic rings. The van der Waals surface area contributed by atoms with Gasteiger partial charge in [0.15, 0.2) is 5.78 Å². The minimum atomic E-state index is 0.133. The Morgan fingerprint density at radius 1 is 1.15 bits per heavy atom. The molecule has 0 bridgehead atoms. The molecule has 3 atom stereocenters. The van der Waals surface area contributed by atoms with Gasteiger partial charge >= 0.3 is 6.01 Å². The Bertz CT molecular complexity index is 1300. The van der Waals surface area contributed by atoms with Gasteiger partial charge in [0.25, 0.3) is 0 Å². The standard InChI is InChI=1S/C27H27ClN4O2/c1-3-23(33)25-17-10-13-32(14-19(17)25)26-18-11-12-31(15-21(18)29-27(30-26)34-2)22-9-5-7-16-6-4-8-20(28)24(16)22/h3-9,17,19,25H,1,10-15H2,2H3. The number of ether oxygens (including phenoxy) is 1. The number of carbonyl (C=O) groups is 1. The van der Waals surface area contributed by atoms with Crippen molar-refractivity contribution in [2.75, 3.05) is 36.5 Å².